The van der Waals surface area contributed by atoms with Gasteiger partial charge in [0.2, 0.25) is 5.91 Å². The molecule has 0 bridgehead atoms. The minimum absolute atomic E-state index is 0.0298. The predicted octanol–water partition coefficient (Wildman–Crippen LogP) is 2.79. The lowest BCUT2D eigenvalue weighted by Crippen LogP contribution is -2.46. The molecule has 3 heterocycles. The number of nitro groups is 1. The summed E-state index contributed by atoms with van der Waals surface area (Å²) in [4.78, 5) is 52.6. The van der Waals surface area contributed by atoms with Crippen LogP contribution < -0.4 is 0 Å². The maximum absolute atomic E-state index is 13.0. The van der Waals surface area contributed by atoms with Gasteiger partial charge < -0.3 is 4.90 Å². The summed E-state index contributed by atoms with van der Waals surface area (Å²) in [7, 11) is 0. The second-order valence-corrected chi connectivity index (χ2v) is 7.71. The third kappa shape index (κ3) is 2.70. The zero-order valence-electron chi connectivity index (χ0n) is 15.1. The summed E-state index contributed by atoms with van der Waals surface area (Å²) in [6.45, 7) is 2.09. The molecule has 3 amide bonds. The minimum Gasteiger partial charge on any atom is -0.334 e. The molecule has 1 aromatic heterocycles. The van der Waals surface area contributed by atoms with Gasteiger partial charge in [-0.25, -0.2) is 0 Å². The monoisotopic (exact) mass is 399 g/mol. The molecule has 2 aliphatic heterocycles. The maximum Gasteiger partial charge on any atom is 0.282 e. The van der Waals surface area contributed by atoms with E-state index in [1.54, 1.807) is 16.2 Å². The molecule has 1 aromatic carbocycles. The van der Waals surface area contributed by atoms with E-state index >= 15 is 0 Å². The normalized spacial score (nSPS) is 18.2. The molecule has 0 saturated heterocycles. The molecule has 0 N–H and O–H groups in total. The Bertz CT molecular complexity index is 1010. The highest BCUT2D eigenvalue weighted by atomic mass is 32.1. The summed E-state index contributed by atoms with van der Waals surface area (Å²) in [6.07, 6.45) is 1.46. The van der Waals surface area contributed by atoms with E-state index in [9.17, 15) is 24.5 Å². The van der Waals surface area contributed by atoms with Gasteiger partial charge in [-0.15, -0.1) is 11.3 Å². The second kappa shape index (κ2) is 6.83. The number of amides is 3. The SMILES string of the molecule is CCC1c2ccsc2CCN1C(=O)CN1C(=O)c2cccc([N+](=O)[O-])c2C1=O. The first-order valence-electron chi connectivity index (χ1n) is 8.93. The van der Waals surface area contributed by atoms with Crippen LogP contribution in [0, 0.1) is 10.1 Å². The summed E-state index contributed by atoms with van der Waals surface area (Å²) in [5.74, 6) is -1.79. The maximum atomic E-state index is 13.0. The van der Waals surface area contributed by atoms with E-state index in [2.05, 4.69) is 0 Å². The number of rotatable bonds is 4. The fourth-order valence-corrected chi connectivity index (χ4v) is 4.90. The fraction of sp³-hybridized carbons (Fsp3) is 0.316. The quantitative estimate of drug-likeness (QED) is 0.447. The number of benzene rings is 1. The topological polar surface area (TPSA) is 101 Å². The zero-order valence-corrected chi connectivity index (χ0v) is 15.9. The van der Waals surface area contributed by atoms with Gasteiger partial charge in [0.05, 0.1) is 16.5 Å². The Kier molecular flexibility index (Phi) is 4.46. The van der Waals surface area contributed by atoms with Crippen molar-refractivity contribution in [3.8, 4) is 0 Å². The molecule has 0 fully saturated rings. The molecule has 2 aliphatic rings. The van der Waals surface area contributed by atoms with Crippen molar-refractivity contribution in [1.82, 2.24) is 9.80 Å². The number of nitrogens with zero attached hydrogens (tertiary/aromatic N) is 3. The van der Waals surface area contributed by atoms with E-state index in [-0.39, 0.29) is 23.1 Å². The molecular formula is C19H17N3O5S. The highest BCUT2D eigenvalue weighted by molar-refractivity contribution is 7.10. The lowest BCUT2D eigenvalue weighted by atomic mass is 9.97. The summed E-state index contributed by atoms with van der Waals surface area (Å²) >= 11 is 1.67. The number of hydrogen-bond donors (Lipinski definition) is 0. The molecule has 1 unspecified atom stereocenters. The van der Waals surface area contributed by atoms with E-state index in [0.717, 1.165) is 23.3 Å². The summed E-state index contributed by atoms with van der Waals surface area (Å²) < 4.78 is 0. The van der Waals surface area contributed by atoms with Crippen molar-refractivity contribution in [2.75, 3.05) is 13.1 Å². The number of carbonyl (C=O) groups excluding carboxylic acids is 3. The van der Waals surface area contributed by atoms with Gasteiger partial charge in [-0.2, -0.15) is 0 Å². The Morgan fingerprint density at radius 3 is 2.79 bits per heavy atom. The minimum atomic E-state index is -0.790. The van der Waals surface area contributed by atoms with Crippen LogP contribution >= 0.6 is 11.3 Å². The number of fused-ring (bicyclic) bond motifs is 2. The van der Waals surface area contributed by atoms with Crippen molar-refractivity contribution in [1.29, 1.82) is 0 Å². The van der Waals surface area contributed by atoms with Gasteiger partial charge >= 0.3 is 0 Å². The molecule has 0 spiro atoms. The van der Waals surface area contributed by atoms with Crippen LogP contribution in [0.5, 0.6) is 0 Å². The zero-order chi connectivity index (χ0) is 20.0. The van der Waals surface area contributed by atoms with Crippen molar-refractivity contribution in [2.45, 2.75) is 25.8 Å². The molecule has 2 aromatic rings. The van der Waals surface area contributed by atoms with Gasteiger partial charge in [-0.3, -0.25) is 29.4 Å². The molecule has 1 atom stereocenters. The van der Waals surface area contributed by atoms with Gasteiger partial charge in [0, 0.05) is 17.5 Å². The molecule has 144 valence electrons. The Morgan fingerprint density at radius 2 is 2.07 bits per heavy atom. The predicted molar refractivity (Wildman–Crippen MR) is 101 cm³/mol. The standard InChI is InChI=1S/C19H17N3O5S/c1-2-13-11-7-9-28-15(11)6-8-20(13)16(23)10-21-18(24)12-4-3-5-14(22(26)27)17(12)19(21)25/h3-5,7,9,13H,2,6,8,10H2,1H3. The van der Waals surface area contributed by atoms with Crippen LogP contribution in [0.2, 0.25) is 0 Å². The van der Waals surface area contributed by atoms with Crippen LogP contribution in [0.15, 0.2) is 29.6 Å². The van der Waals surface area contributed by atoms with Gasteiger partial charge in [-0.1, -0.05) is 13.0 Å². The Morgan fingerprint density at radius 1 is 1.29 bits per heavy atom. The largest absolute Gasteiger partial charge is 0.334 e. The van der Waals surface area contributed by atoms with Crippen LogP contribution in [0.25, 0.3) is 0 Å². The molecule has 4 rings (SSSR count). The molecule has 0 saturated carbocycles. The van der Waals surface area contributed by atoms with E-state index in [1.807, 2.05) is 18.4 Å². The van der Waals surface area contributed by atoms with Crippen molar-refractivity contribution in [2.24, 2.45) is 0 Å². The number of hydrogen-bond acceptors (Lipinski definition) is 6. The molecule has 0 aliphatic carbocycles. The average Bonchev–Trinajstić information content (AvgIpc) is 3.26. The summed E-state index contributed by atoms with van der Waals surface area (Å²) in [5.41, 5.74) is 0.428. The number of carbonyl (C=O) groups is 3. The first-order valence-corrected chi connectivity index (χ1v) is 9.81. The number of imide groups is 1. The third-order valence-corrected chi connectivity index (χ3v) is 6.27. The molecule has 0 radical (unpaired) electrons. The molecule has 28 heavy (non-hydrogen) atoms. The smallest absolute Gasteiger partial charge is 0.282 e. The lowest BCUT2D eigenvalue weighted by molar-refractivity contribution is -0.385. The molecule has 9 heteroatoms. The number of nitro benzene ring substituents is 1. The molecule has 8 nitrogen and oxygen atoms in total. The van der Waals surface area contributed by atoms with Crippen LogP contribution in [-0.4, -0.2) is 45.5 Å². The van der Waals surface area contributed by atoms with E-state index in [0.29, 0.717) is 6.54 Å². The third-order valence-electron chi connectivity index (χ3n) is 5.27. The van der Waals surface area contributed by atoms with Gasteiger partial charge in [0.25, 0.3) is 17.5 Å². The first-order chi connectivity index (χ1) is 13.4. The van der Waals surface area contributed by atoms with Crippen LogP contribution in [0.1, 0.15) is 50.5 Å². The van der Waals surface area contributed by atoms with E-state index in [1.165, 1.54) is 23.1 Å². The highest BCUT2D eigenvalue weighted by Gasteiger charge is 2.43. The summed E-state index contributed by atoms with van der Waals surface area (Å²) in [5, 5.41) is 13.2. The number of thiophene rings is 1. The van der Waals surface area contributed by atoms with Crippen molar-refractivity contribution in [3.63, 3.8) is 0 Å². The average molecular weight is 399 g/mol. The van der Waals surface area contributed by atoms with Crippen LogP contribution in [0.4, 0.5) is 5.69 Å². The second-order valence-electron chi connectivity index (χ2n) is 6.71. The van der Waals surface area contributed by atoms with Crippen molar-refractivity contribution in [3.05, 3.63) is 61.3 Å². The Hall–Kier alpha value is -3.07. The fourth-order valence-electron chi connectivity index (χ4n) is 3.97. The van der Waals surface area contributed by atoms with E-state index in [4.69, 9.17) is 0 Å². The van der Waals surface area contributed by atoms with Crippen LogP contribution in [0.3, 0.4) is 0 Å². The first kappa shape index (κ1) is 18.3. The highest BCUT2D eigenvalue weighted by Crippen LogP contribution is 2.36. The van der Waals surface area contributed by atoms with Gasteiger partial charge in [-0.05, 0) is 35.9 Å². The summed E-state index contributed by atoms with van der Waals surface area (Å²) in [6, 6.07) is 5.85. The molecular weight excluding hydrogens is 382 g/mol. The van der Waals surface area contributed by atoms with Crippen LogP contribution in [-0.2, 0) is 11.2 Å². The van der Waals surface area contributed by atoms with Crippen molar-refractivity contribution < 1.29 is 19.3 Å². The van der Waals surface area contributed by atoms with Crippen molar-refractivity contribution >= 4 is 34.7 Å². The van der Waals surface area contributed by atoms with E-state index < -0.39 is 29.0 Å². The van der Waals surface area contributed by atoms with Gasteiger partial charge in [0.1, 0.15) is 12.1 Å². The lowest BCUT2D eigenvalue weighted by Gasteiger charge is -2.36. The Balaban J connectivity index is 1.59. The Labute approximate surface area is 164 Å². The van der Waals surface area contributed by atoms with Gasteiger partial charge in [0.15, 0.2) is 0 Å².